The lowest BCUT2D eigenvalue weighted by Gasteiger charge is -2.30. The fourth-order valence-corrected chi connectivity index (χ4v) is 2.26. The highest BCUT2D eigenvalue weighted by atomic mass is 16.3. The first-order chi connectivity index (χ1) is 7.88. The van der Waals surface area contributed by atoms with Crippen LogP contribution in [0.4, 0.5) is 0 Å². The van der Waals surface area contributed by atoms with Crippen molar-refractivity contribution in [2.45, 2.75) is 58.2 Å². The highest BCUT2D eigenvalue weighted by molar-refractivity contribution is 5.79. The molecule has 0 aromatic carbocycles. The normalized spacial score (nSPS) is 29.7. The van der Waals surface area contributed by atoms with Crippen molar-refractivity contribution >= 4 is 5.91 Å². The van der Waals surface area contributed by atoms with Crippen LogP contribution in [0, 0.1) is 11.8 Å². The highest BCUT2D eigenvalue weighted by Crippen LogP contribution is 2.26. The zero-order valence-corrected chi connectivity index (χ0v) is 11.1. The van der Waals surface area contributed by atoms with E-state index in [0.29, 0.717) is 6.42 Å². The summed E-state index contributed by atoms with van der Waals surface area (Å²) in [6.07, 6.45) is 2.72. The number of rotatable bonds is 5. The molecule has 0 heterocycles. The maximum atomic E-state index is 11.8. The minimum absolute atomic E-state index is 0.126. The first-order valence-corrected chi connectivity index (χ1v) is 6.56. The lowest BCUT2D eigenvalue weighted by molar-refractivity contribution is -0.129. The largest absolute Gasteiger partial charge is 0.392 e. The molecular formula is C13H25NO3. The second-order valence-electron chi connectivity index (χ2n) is 5.49. The Morgan fingerprint density at radius 2 is 2.18 bits per heavy atom. The lowest BCUT2D eigenvalue weighted by atomic mass is 9.88. The van der Waals surface area contributed by atoms with E-state index >= 15 is 0 Å². The van der Waals surface area contributed by atoms with E-state index in [2.05, 4.69) is 5.32 Å². The predicted octanol–water partition coefficient (Wildman–Crippen LogP) is 1.06. The van der Waals surface area contributed by atoms with Crippen LogP contribution in [0.1, 0.15) is 46.5 Å². The fraction of sp³-hybridized carbons (Fsp3) is 0.923. The maximum Gasteiger partial charge on any atom is 0.225 e. The number of carbonyl (C=O) groups excluding carboxylic acids is 1. The monoisotopic (exact) mass is 243 g/mol. The third-order valence-corrected chi connectivity index (χ3v) is 4.11. The van der Waals surface area contributed by atoms with Crippen LogP contribution < -0.4 is 5.32 Å². The van der Waals surface area contributed by atoms with E-state index in [1.807, 2.05) is 13.8 Å². The van der Waals surface area contributed by atoms with Crippen molar-refractivity contribution < 1.29 is 15.0 Å². The van der Waals surface area contributed by atoms with Gasteiger partial charge < -0.3 is 15.5 Å². The third kappa shape index (κ3) is 3.68. The van der Waals surface area contributed by atoms with Crippen LogP contribution in [-0.2, 0) is 4.79 Å². The molecule has 4 atom stereocenters. The Labute approximate surface area is 103 Å². The number of amides is 1. The van der Waals surface area contributed by atoms with Crippen molar-refractivity contribution in [1.82, 2.24) is 5.32 Å². The van der Waals surface area contributed by atoms with Gasteiger partial charge in [-0.15, -0.1) is 0 Å². The molecule has 4 unspecified atom stereocenters. The number of nitrogens with one attached hydrogen (secondary N) is 1. The van der Waals surface area contributed by atoms with Crippen molar-refractivity contribution in [3.8, 4) is 0 Å². The zero-order valence-electron chi connectivity index (χ0n) is 11.1. The van der Waals surface area contributed by atoms with Gasteiger partial charge in [0.15, 0.2) is 0 Å². The molecule has 4 heteroatoms. The summed E-state index contributed by atoms with van der Waals surface area (Å²) in [5.74, 6) is -0.280. The number of aliphatic hydroxyl groups excluding tert-OH is 1. The Kier molecular flexibility index (Phi) is 4.95. The van der Waals surface area contributed by atoms with Crippen LogP contribution >= 0.6 is 0 Å². The first-order valence-electron chi connectivity index (χ1n) is 6.56. The van der Waals surface area contributed by atoms with Crippen LogP contribution in [0.25, 0.3) is 0 Å². The quantitative estimate of drug-likeness (QED) is 0.676. The third-order valence-electron chi connectivity index (χ3n) is 4.11. The molecule has 1 aliphatic rings. The van der Waals surface area contributed by atoms with Gasteiger partial charge in [-0.25, -0.2) is 0 Å². The summed E-state index contributed by atoms with van der Waals surface area (Å²) < 4.78 is 0. The second-order valence-corrected chi connectivity index (χ2v) is 5.49. The Hall–Kier alpha value is -0.610. The van der Waals surface area contributed by atoms with E-state index in [0.717, 1.165) is 19.3 Å². The summed E-state index contributed by atoms with van der Waals surface area (Å²) in [7, 11) is 0. The van der Waals surface area contributed by atoms with Crippen molar-refractivity contribution in [3.63, 3.8) is 0 Å². The summed E-state index contributed by atoms with van der Waals surface area (Å²) in [6, 6.07) is 0. The van der Waals surface area contributed by atoms with Gasteiger partial charge in [-0.05, 0) is 32.1 Å². The maximum absolute atomic E-state index is 11.8. The van der Waals surface area contributed by atoms with E-state index < -0.39 is 11.7 Å². The molecule has 0 radical (unpaired) electrons. The zero-order chi connectivity index (χ0) is 13.1. The first kappa shape index (κ1) is 14.5. The van der Waals surface area contributed by atoms with Crippen molar-refractivity contribution in [3.05, 3.63) is 0 Å². The Balaban J connectivity index is 2.42. The van der Waals surface area contributed by atoms with Crippen LogP contribution in [-0.4, -0.2) is 34.4 Å². The van der Waals surface area contributed by atoms with Gasteiger partial charge in [0.1, 0.15) is 0 Å². The van der Waals surface area contributed by atoms with Crippen LogP contribution in [0.15, 0.2) is 0 Å². The minimum Gasteiger partial charge on any atom is -0.392 e. The second kappa shape index (κ2) is 5.83. The molecule has 1 rings (SSSR count). The van der Waals surface area contributed by atoms with E-state index in [-0.39, 0.29) is 24.3 Å². The van der Waals surface area contributed by atoms with E-state index in [1.54, 1.807) is 6.92 Å². The molecule has 100 valence electrons. The molecule has 1 amide bonds. The number of carbonyl (C=O) groups is 1. The molecule has 4 nitrogen and oxygen atoms in total. The van der Waals surface area contributed by atoms with Crippen LogP contribution in [0.5, 0.6) is 0 Å². The summed E-state index contributed by atoms with van der Waals surface area (Å²) in [6.45, 7) is 5.98. The van der Waals surface area contributed by atoms with Gasteiger partial charge in [0, 0.05) is 6.54 Å². The SMILES string of the molecule is CCC(C)C(C)(O)CNC(=O)C1CCCC1O. The predicted molar refractivity (Wildman–Crippen MR) is 66.4 cm³/mol. The molecule has 0 aromatic heterocycles. The molecule has 0 bridgehead atoms. The molecule has 1 aliphatic carbocycles. The van der Waals surface area contributed by atoms with E-state index in [9.17, 15) is 15.0 Å². The van der Waals surface area contributed by atoms with Crippen molar-refractivity contribution in [2.75, 3.05) is 6.54 Å². The lowest BCUT2D eigenvalue weighted by Crippen LogP contribution is -2.47. The van der Waals surface area contributed by atoms with Gasteiger partial charge >= 0.3 is 0 Å². The van der Waals surface area contributed by atoms with Crippen molar-refractivity contribution in [2.24, 2.45) is 11.8 Å². The molecule has 0 aliphatic heterocycles. The topological polar surface area (TPSA) is 69.6 Å². The molecular weight excluding hydrogens is 218 g/mol. The molecule has 0 aromatic rings. The average molecular weight is 243 g/mol. The number of hydrogen-bond acceptors (Lipinski definition) is 3. The number of hydrogen-bond donors (Lipinski definition) is 3. The highest BCUT2D eigenvalue weighted by Gasteiger charge is 2.33. The summed E-state index contributed by atoms with van der Waals surface area (Å²) in [4.78, 5) is 11.8. The van der Waals surface area contributed by atoms with Gasteiger partial charge in [-0.3, -0.25) is 4.79 Å². The molecule has 0 saturated heterocycles. The van der Waals surface area contributed by atoms with Gasteiger partial charge in [0.05, 0.1) is 17.6 Å². The average Bonchev–Trinajstić information content (AvgIpc) is 2.71. The van der Waals surface area contributed by atoms with E-state index in [1.165, 1.54) is 0 Å². The Morgan fingerprint density at radius 1 is 1.53 bits per heavy atom. The Bertz CT molecular complexity index is 265. The summed E-state index contributed by atoms with van der Waals surface area (Å²) in [5.41, 5.74) is -0.881. The van der Waals surface area contributed by atoms with Gasteiger partial charge in [0.25, 0.3) is 0 Å². The van der Waals surface area contributed by atoms with Gasteiger partial charge in [0.2, 0.25) is 5.91 Å². The molecule has 1 saturated carbocycles. The van der Waals surface area contributed by atoms with E-state index in [4.69, 9.17) is 0 Å². The van der Waals surface area contributed by atoms with Crippen molar-refractivity contribution in [1.29, 1.82) is 0 Å². The van der Waals surface area contributed by atoms with Crippen LogP contribution in [0.3, 0.4) is 0 Å². The van der Waals surface area contributed by atoms with Gasteiger partial charge in [-0.2, -0.15) is 0 Å². The summed E-state index contributed by atoms with van der Waals surface area (Å²) >= 11 is 0. The molecule has 3 N–H and O–H groups in total. The molecule has 0 spiro atoms. The Morgan fingerprint density at radius 3 is 2.65 bits per heavy atom. The standard InChI is InChI=1S/C13H25NO3/c1-4-9(2)13(3,17)8-14-12(16)10-6-5-7-11(10)15/h9-11,15,17H,4-8H2,1-3H3,(H,14,16). The fourth-order valence-electron chi connectivity index (χ4n) is 2.26. The molecule has 17 heavy (non-hydrogen) atoms. The molecule has 1 fully saturated rings. The summed E-state index contributed by atoms with van der Waals surface area (Å²) in [5, 5.41) is 22.5. The van der Waals surface area contributed by atoms with Gasteiger partial charge in [-0.1, -0.05) is 20.3 Å². The number of aliphatic hydroxyl groups is 2. The minimum atomic E-state index is -0.881. The van der Waals surface area contributed by atoms with Crippen LogP contribution in [0.2, 0.25) is 0 Å². The smallest absolute Gasteiger partial charge is 0.225 e.